The fraction of sp³-hybridized carbons (Fsp3) is 0.875. The zero-order valence-electron chi connectivity index (χ0n) is 7.90. The van der Waals surface area contributed by atoms with Gasteiger partial charge in [0.2, 0.25) is 0 Å². The molecular weight excluding hydrogens is 281 g/mol. The summed E-state index contributed by atoms with van der Waals surface area (Å²) in [7, 11) is 0. The normalized spacial score (nSPS) is 23.3. The van der Waals surface area contributed by atoms with Crippen LogP contribution in [0.25, 0.3) is 0 Å². The highest BCUT2D eigenvalue weighted by molar-refractivity contribution is 14.0. The first-order valence-corrected chi connectivity index (χ1v) is 4.39. The van der Waals surface area contributed by atoms with E-state index in [2.05, 4.69) is 4.99 Å². The number of hydrogen-bond acceptors (Lipinski definition) is 2. The van der Waals surface area contributed by atoms with Gasteiger partial charge in [-0.3, -0.25) is 4.99 Å². The van der Waals surface area contributed by atoms with Gasteiger partial charge in [-0.15, -0.1) is 24.0 Å². The van der Waals surface area contributed by atoms with E-state index in [4.69, 9.17) is 16.2 Å². The van der Waals surface area contributed by atoms with E-state index in [1.807, 2.05) is 6.92 Å². The van der Waals surface area contributed by atoms with Gasteiger partial charge in [0.15, 0.2) is 5.96 Å². The molecule has 0 amide bonds. The van der Waals surface area contributed by atoms with Gasteiger partial charge in [0.1, 0.15) is 0 Å². The maximum atomic E-state index is 5.45. The molecule has 0 saturated carbocycles. The van der Waals surface area contributed by atoms with Crippen molar-refractivity contribution in [3.63, 3.8) is 0 Å². The van der Waals surface area contributed by atoms with E-state index in [0.717, 1.165) is 19.4 Å². The van der Waals surface area contributed by atoms with E-state index in [-0.39, 0.29) is 36.0 Å². The number of ether oxygens (including phenoxy) is 1. The monoisotopic (exact) mass is 299 g/mol. The topological polar surface area (TPSA) is 73.6 Å². The summed E-state index contributed by atoms with van der Waals surface area (Å²) >= 11 is 0. The van der Waals surface area contributed by atoms with Crippen LogP contribution in [0.3, 0.4) is 0 Å². The molecule has 0 bridgehead atoms. The highest BCUT2D eigenvalue weighted by Crippen LogP contribution is 2.17. The van der Waals surface area contributed by atoms with Crippen LogP contribution < -0.4 is 11.5 Å². The van der Waals surface area contributed by atoms with Crippen LogP contribution in [0.2, 0.25) is 0 Å². The summed E-state index contributed by atoms with van der Waals surface area (Å²) in [6.07, 6.45) is 3.60. The van der Waals surface area contributed by atoms with Crippen LogP contribution in [-0.4, -0.2) is 24.7 Å². The van der Waals surface area contributed by atoms with Gasteiger partial charge in [0, 0.05) is 6.61 Å². The van der Waals surface area contributed by atoms with E-state index in [1.165, 1.54) is 6.42 Å². The number of hydrogen-bond donors (Lipinski definition) is 2. The molecule has 2 unspecified atom stereocenters. The lowest BCUT2D eigenvalue weighted by molar-refractivity contribution is 0.0999. The summed E-state index contributed by atoms with van der Waals surface area (Å²) in [6, 6.07) is 0.179. The summed E-state index contributed by atoms with van der Waals surface area (Å²) in [4.78, 5) is 4.03. The molecule has 13 heavy (non-hydrogen) atoms. The Bertz CT molecular complexity index is 165. The minimum absolute atomic E-state index is 0. The molecule has 0 aromatic heterocycles. The maximum absolute atomic E-state index is 5.45. The molecule has 4 N–H and O–H groups in total. The van der Waals surface area contributed by atoms with Crippen molar-refractivity contribution in [2.24, 2.45) is 16.5 Å². The maximum Gasteiger partial charge on any atom is 0.186 e. The van der Waals surface area contributed by atoms with E-state index in [0.29, 0.717) is 6.10 Å². The zero-order chi connectivity index (χ0) is 8.97. The summed E-state index contributed by atoms with van der Waals surface area (Å²) in [6.45, 7) is 2.89. The first-order valence-electron chi connectivity index (χ1n) is 4.39. The number of halogens is 1. The van der Waals surface area contributed by atoms with Crippen LogP contribution in [-0.2, 0) is 4.74 Å². The summed E-state index contributed by atoms with van der Waals surface area (Å²) in [5, 5.41) is 0. The molecule has 1 heterocycles. The van der Waals surface area contributed by atoms with Gasteiger partial charge in [-0.2, -0.15) is 0 Å². The fourth-order valence-corrected chi connectivity index (χ4v) is 1.52. The van der Waals surface area contributed by atoms with Crippen molar-refractivity contribution in [3.05, 3.63) is 0 Å². The second-order valence-electron chi connectivity index (χ2n) is 3.27. The van der Waals surface area contributed by atoms with Crippen molar-refractivity contribution in [1.29, 1.82) is 0 Å². The smallest absolute Gasteiger partial charge is 0.186 e. The molecule has 4 nitrogen and oxygen atoms in total. The number of nitrogens with zero attached hydrogens (tertiary/aromatic N) is 1. The average molecular weight is 299 g/mol. The Hall–Kier alpha value is -0.0400. The molecule has 1 aliphatic heterocycles. The molecule has 2 atom stereocenters. The Morgan fingerprint density at radius 1 is 1.62 bits per heavy atom. The Labute approximate surface area is 96.1 Å². The zero-order valence-corrected chi connectivity index (χ0v) is 10.2. The van der Waals surface area contributed by atoms with Gasteiger partial charge in [-0.05, 0) is 26.2 Å². The third-order valence-electron chi connectivity index (χ3n) is 2.00. The molecule has 78 valence electrons. The van der Waals surface area contributed by atoms with E-state index >= 15 is 0 Å². The molecule has 0 spiro atoms. The van der Waals surface area contributed by atoms with Crippen molar-refractivity contribution < 1.29 is 4.74 Å². The fourth-order valence-electron chi connectivity index (χ4n) is 1.52. The molecule has 1 fully saturated rings. The van der Waals surface area contributed by atoms with Crippen LogP contribution in [0.15, 0.2) is 4.99 Å². The Balaban J connectivity index is 0.00000144. The first kappa shape index (κ1) is 13.0. The molecule has 0 radical (unpaired) electrons. The first-order chi connectivity index (χ1) is 5.68. The van der Waals surface area contributed by atoms with Gasteiger partial charge >= 0.3 is 0 Å². The quantitative estimate of drug-likeness (QED) is 0.461. The third-order valence-corrected chi connectivity index (χ3v) is 2.00. The molecule has 5 heteroatoms. The van der Waals surface area contributed by atoms with Gasteiger partial charge in [-0.25, -0.2) is 0 Å². The largest absolute Gasteiger partial charge is 0.378 e. The second kappa shape index (κ2) is 6.42. The van der Waals surface area contributed by atoms with Crippen molar-refractivity contribution in [1.82, 2.24) is 0 Å². The molecule has 1 saturated heterocycles. The van der Waals surface area contributed by atoms with Crippen LogP contribution in [0.4, 0.5) is 0 Å². The lowest BCUT2D eigenvalue weighted by Crippen LogP contribution is -2.26. The van der Waals surface area contributed by atoms with E-state index in [1.54, 1.807) is 0 Å². The minimum atomic E-state index is 0. The van der Waals surface area contributed by atoms with Gasteiger partial charge in [0.25, 0.3) is 0 Å². The number of guanidine groups is 1. The van der Waals surface area contributed by atoms with Crippen LogP contribution >= 0.6 is 24.0 Å². The Kier molecular flexibility index (Phi) is 6.40. The Morgan fingerprint density at radius 2 is 2.31 bits per heavy atom. The second-order valence-corrected chi connectivity index (χ2v) is 3.27. The number of rotatable bonds is 3. The summed E-state index contributed by atoms with van der Waals surface area (Å²) in [5.41, 5.74) is 10.5. The number of aliphatic imine (C=N–C) groups is 1. The van der Waals surface area contributed by atoms with Gasteiger partial charge in [-0.1, -0.05) is 0 Å². The highest BCUT2D eigenvalue weighted by Gasteiger charge is 2.17. The van der Waals surface area contributed by atoms with Crippen LogP contribution in [0.1, 0.15) is 26.2 Å². The standard InChI is InChI=1S/C8H17N3O.HI/c1-6(11-8(9)10)5-7-3-2-4-12-7;/h6-7H,2-5H2,1H3,(H4,9,10,11);1H. The summed E-state index contributed by atoms with van der Waals surface area (Å²) < 4.78 is 5.45. The van der Waals surface area contributed by atoms with Crippen molar-refractivity contribution >= 4 is 29.9 Å². The SMILES string of the molecule is CC(CC1CCCO1)N=C(N)N.I. The minimum Gasteiger partial charge on any atom is -0.378 e. The molecule has 0 aromatic carbocycles. The lowest BCUT2D eigenvalue weighted by atomic mass is 10.1. The molecule has 0 aliphatic carbocycles. The lowest BCUT2D eigenvalue weighted by Gasteiger charge is -2.12. The number of nitrogens with two attached hydrogens (primary N) is 2. The summed E-state index contributed by atoms with van der Waals surface area (Å²) in [5.74, 6) is 0.167. The average Bonchev–Trinajstić information content (AvgIpc) is 2.37. The molecular formula is C8H18IN3O. The third kappa shape index (κ3) is 5.30. The van der Waals surface area contributed by atoms with Crippen LogP contribution in [0, 0.1) is 0 Å². The molecule has 1 aliphatic rings. The predicted octanol–water partition coefficient (Wildman–Crippen LogP) is 0.835. The van der Waals surface area contributed by atoms with Crippen molar-refractivity contribution in [2.45, 2.75) is 38.3 Å². The van der Waals surface area contributed by atoms with Crippen molar-refractivity contribution in [3.8, 4) is 0 Å². The van der Waals surface area contributed by atoms with Crippen LogP contribution in [0.5, 0.6) is 0 Å². The van der Waals surface area contributed by atoms with Gasteiger partial charge < -0.3 is 16.2 Å². The highest BCUT2D eigenvalue weighted by atomic mass is 127. The molecule has 0 aromatic rings. The predicted molar refractivity (Wildman–Crippen MR) is 64.3 cm³/mol. The molecule has 1 rings (SSSR count). The van der Waals surface area contributed by atoms with Gasteiger partial charge in [0.05, 0.1) is 12.1 Å². The van der Waals surface area contributed by atoms with E-state index in [9.17, 15) is 0 Å². The van der Waals surface area contributed by atoms with Crippen molar-refractivity contribution in [2.75, 3.05) is 6.61 Å². The van der Waals surface area contributed by atoms with E-state index < -0.39 is 0 Å². The Morgan fingerprint density at radius 3 is 2.77 bits per heavy atom.